The van der Waals surface area contributed by atoms with E-state index in [0.29, 0.717) is 12.0 Å². The molecule has 0 atom stereocenters. The maximum atomic E-state index is 11.2. The van der Waals surface area contributed by atoms with E-state index in [0.717, 1.165) is 21.2 Å². The summed E-state index contributed by atoms with van der Waals surface area (Å²) in [5.74, 6) is -0.148. The van der Waals surface area contributed by atoms with Gasteiger partial charge in [-0.3, -0.25) is 9.59 Å². The standard InChI is InChI=1S/C22H17BrClNO4/c23-22-15(7-4-8-17(22)14-5-2-1-3-6-14)12-28-20-10-19(29-13-21(25)27)16(11-26)9-18(20)24/h1-11H,12-13H2,(H2,25,27). The van der Waals surface area contributed by atoms with E-state index in [2.05, 4.69) is 15.9 Å². The topological polar surface area (TPSA) is 78.6 Å². The first-order valence-corrected chi connectivity index (χ1v) is 9.82. The smallest absolute Gasteiger partial charge is 0.255 e. The third-order valence-corrected chi connectivity index (χ3v) is 5.34. The summed E-state index contributed by atoms with van der Waals surface area (Å²) >= 11 is 9.89. The summed E-state index contributed by atoms with van der Waals surface area (Å²) in [6.07, 6.45) is 0.589. The van der Waals surface area contributed by atoms with Crippen LogP contribution in [-0.4, -0.2) is 18.8 Å². The molecule has 0 fully saturated rings. The number of hydrogen-bond acceptors (Lipinski definition) is 4. The Labute approximate surface area is 181 Å². The van der Waals surface area contributed by atoms with Gasteiger partial charge in [0.2, 0.25) is 0 Å². The van der Waals surface area contributed by atoms with Crippen molar-refractivity contribution in [3.8, 4) is 22.6 Å². The molecule has 2 N–H and O–H groups in total. The Bertz CT molecular complexity index is 1040. The number of carbonyl (C=O) groups is 2. The average Bonchev–Trinajstić information content (AvgIpc) is 2.73. The molecule has 29 heavy (non-hydrogen) atoms. The lowest BCUT2D eigenvalue weighted by Crippen LogP contribution is -2.20. The Morgan fingerprint density at radius 3 is 2.48 bits per heavy atom. The van der Waals surface area contributed by atoms with Gasteiger partial charge in [-0.2, -0.15) is 0 Å². The molecule has 3 aromatic rings. The van der Waals surface area contributed by atoms with Crippen molar-refractivity contribution in [3.63, 3.8) is 0 Å². The lowest BCUT2D eigenvalue weighted by atomic mass is 10.0. The number of nitrogens with two attached hydrogens (primary N) is 1. The molecule has 0 saturated carbocycles. The first-order valence-electron chi connectivity index (χ1n) is 8.65. The highest BCUT2D eigenvalue weighted by Crippen LogP contribution is 2.35. The summed E-state index contributed by atoms with van der Waals surface area (Å²) < 4.78 is 12.1. The van der Waals surface area contributed by atoms with Crippen molar-refractivity contribution < 1.29 is 19.1 Å². The highest BCUT2D eigenvalue weighted by Gasteiger charge is 2.13. The first kappa shape index (κ1) is 20.9. The van der Waals surface area contributed by atoms with Crippen molar-refractivity contribution in [2.45, 2.75) is 6.61 Å². The summed E-state index contributed by atoms with van der Waals surface area (Å²) in [7, 11) is 0. The predicted octanol–water partition coefficient (Wildman–Crippen LogP) is 5.03. The van der Waals surface area contributed by atoms with Crippen LogP contribution in [0.4, 0.5) is 0 Å². The number of amides is 1. The summed E-state index contributed by atoms with van der Waals surface area (Å²) in [5.41, 5.74) is 8.34. The molecule has 0 aliphatic heterocycles. The normalized spacial score (nSPS) is 10.4. The Morgan fingerprint density at radius 1 is 1.03 bits per heavy atom. The van der Waals surface area contributed by atoms with Gasteiger partial charge in [-0.25, -0.2) is 0 Å². The van der Waals surface area contributed by atoms with E-state index >= 15 is 0 Å². The molecule has 1 amide bonds. The van der Waals surface area contributed by atoms with Crippen molar-refractivity contribution in [2.75, 3.05) is 6.61 Å². The summed E-state index contributed by atoms with van der Waals surface area (Å²) in [6.45, 7) is -0.122. The number of benzene rings is 3. The van der Waals surface area contributed by atoms with Crippen molar-refractivity contribution in [3.05, 3.63) is 81.3 Å². The maximum Gasteiger partial charge on any atom is 0.255 e. The lowest BCUT2D eigenvalue weighted by molar-refractivity contribution is -0.119. The van der Waals surface area contributed by atoms with Crippen LogP contribution < -0.4 is 15.2 Å². The largest absolute Gasteiger partial charge is 0.487 e. The van der Waals surface area contributed by atoms with E-state index in [4.69, 9.17) is 26.8 Å². The second kappa shape index (κ2) is 9.58. The van der Waals surface area contributed by atoms with E-state index in [1.54, 1.807) is 0 Å². The summed E-state index contributed by atoms with van der Waals surface area (Å²) in [4.78, 5) is 22.2. The average molecular weight is 475 g/mol. The maximum absolute atomic E-state index is 11.2. The molecule has 7 heteroatoms. The molecule has 0 bridgehead atoms. The molecule has 0 spiro atoms. The van der Waals surface area contributed by atoms with Gasteiger partial charge in [-0.1, -0.05) is 60.1 Å². The van der Waals surface area contributed by atoms with Crippen molar-refractivity contribution in [1.82, 2.24) is 0 Å². The van der Waals surface area contributed by atoms with Gasteiger partial charge in [0.1, 0.15) is 18.1 Å². The fourth-order valence-corrected chi connectivity index (χ4v) is 3.55. The zero-order valence-corrected chi connectivity index (χ0v) is 17.6. The monoisotopic (exact) mass is 473 g/mol. The third kappa shape index (κ3) is 5.16. The van der Waals surface area contributed by atoms with Gasteiger partial charge in [-0.05, 0) is 33.1 Å². The first-order chi connectivity index (χ1) is 14.0. The summed E-state index contributed by atoms with van der Waals surface area (Å²) in [5, 5.41) is 0.258. The highest BCUT2D eigenvalue weighted by atomic mass is 79.9. The van der Waals surface area contributed by atoms with Gasteiger partial charge < -0.3 is 15.2 Å². The fraction of sp³-hybridized carbons (Fsp3) is 0.0909. The minimum absolute atomic E-state index is 0.176. The van der Waals surface area contributed by atoms with E-state index < -0.39 is 5.91 Å². The molecule has 3 rings (SSSR count). The molecular weight excluding hydrogens is 458 g/mol. The van der Waals surface area contributed by atoms with E-state index in [-0.39, 0.29) is 29.5 Å². The Hall–Kier alpha value is -2.83. The number of halogens is 2. The zero-order chi connectivity index (χ0) is 20.8. The van der Waals surface area contributed by atoms with Crippen molar-refractivity contribution in [1.29, 1.82) is 0 Å². The molecule has 5 nitrogen and oxygen atoms in total. The van der Waals surface area contributed by atoms with Gasteiger partial charge in [-0.15, -0.1) is 0 Å². The van der Waals surface area contributed by atoms with Crippen LogP contribution in [0.15, 0.2) is 65.1 Å². The second-order valence-electron chi connectivity index (χ2n) is 6.13. The van der Waals surface area contributed by atoms with Gasteiger partial charge in [0.25, 0.3) is 5.91 Å². The third-order valence-electron chi connectivity index (χ3n) is 4.11. The molecule has 0 aromatic heterocycles. The molecule has 0 unspecified atom stereocenters. The number of primary amides is 1. The minimum Gasteiger partial charge on any atom is -0.487 e. The van der Waals surface area contributed by atoms with Crippen LogP contribution in [0.25, 0.3) is 11.1 Å². The number of hydrogen-bond donors (Lipinski definition) is 1. The van der Waals surface area contributed by atoms with Gasteiger partial charge >= 0.3 is 0 Å². The van der Waals surface area contributed by atoms with E-state index in [1.165, 1.54) is 12.1 Å². The SMILES string of the molecule is NC(=O)COc1cc(OCc2cccc(-c3ccccc3)c2Br)c(Cl)cc1C=O. The van der Waals surface area contributed by atoms with Gasteiger partial charge in [0, 0.05) is 16.1 Å². The fourth-order valence-electron chi connectivity index (χ4n) is 2.71. The Morgan fingerprint density at radius 2 is 1.79 bits per heavy atom. The number of aldehydes is 1. The lowest BCUT2D eigenvalue weighted by Gasteiger charge is -2.14. The van der Waals surface area contributed by atoms with Crippen LogP contribution in [0.3, 0.4) is 0 Å². The zero-order valence-electron chi connectivity index (χ0n) is 15.2. The van der Waals surface area contributed by atoms with Crippen molar-refractivity contribution in [2.24, 2.45) is 5.73 Å². The van der Waals surface area contributed by atoms with Crippen molar-refractivity contribution >= 4 is 39.7 Å². The van der Waals surface area contributed by atoms with Crippen LogP contribution in [0, 0.1) is 0 Å². The molecule has 148 valence electrons. The van der Waals surface area contributed by atoms with Gasteiger partial charge in [0.05, 0.1) is 10.6 Å². The van der Waals surface area contributed by atoms with Crippen LogP contribution >= 0.6 is 27.5 Å². The second-order valence-corrected chi connectivity index (χ2v) is 7.33. The molecule has 0 aliphatic rings. The van der Waals surface area contributed by atoms with E-state index in [1.807, 2.05) is 48.5 Å². The molecule has 0 heterocycles. The number of carbonyl (C=O) groups excluding carboxylic acids is 2. The molecule has 0 aliphatic carbocycles. The molecule has 3 aromatic carbocycles. The predicted molar refractivity (Wildman–Crippen MR) is 115 cm³/mol. The Balaban J connectivity index is 1.83. The highest BCUT2D eigenvalue weighted by molar-refractivity contribution is 9.10. The van der Waals surface area contributed by atoms with Crippen LogP contribution in [0.1, 0.15) is 15.9 Å². The van der Waals surface area contributed by atoms with Gasteiger partial charge in [0.15, 0.2) is 12.9 Å². The molecule has 0 saturated heterocycles. The summed E-state index contributed by atoms with van der Waals surface area (Å²) in [6, 6.07) is 18.8. The molecular formula is C22H17BrClNO4. The molecule has 0 radical (unpaired) electrons. The van der Waals surface area contributed by atoms with Crippen LogP contribution in [-0.2, 0) is 11.4 Å². The Kier molecular flexibility index (Phi) is 6.90. The van der Waals surface area contributed by atoms with E-state index in [9.17, 15) is 9.59 Å². The number of rotatable bonds is 8. The van der Waals surface area contributed by atoms with Crippen LogP contribution in [0.2, 0.25) is 5.02 Å². The minimum atomic E-state index is -0.652. The number of ether oxygens (including phenoxy) is 2. The van der Waals surface area contributed by atoms with Crippen LogP contribution in [0.5, 0.6) is 11.5 Å². The quantitative estimate of drug-likeness (QED) is 0.465.